The lowest BCUT2D eigenvalue weighted by Gasteiger charge is -2.30. The molecule has 1 saturated carbocycles. The highest BCUT2D eigenvalue weighted by atomic mass is 19.3. The molecule has 1 atom stereocenters. The van der Waals surface area contributed by atoms with Crippen molar-refractivity contribution in [3.8, 4) is 11.4 Å². The van der Waals surface area contributed by atoms with Crippen molar-refractivity contribution >= 4 is 11.8 Å². The summed E-state index contributed by atoms with van der Waals surface area (Å²) >= 11 is 0. The Hall–Kier alpha value is -3.30. The number of H-pyrrole nitrogens is 1. The minimum Gasteiger partial charge on any atom is -0.348 e. The van der Waals surface area contributed by atoms with Crippen LogP contribution in [0.15, 0.2) is 40.7 Å². The Morgan fingerprint density at radius 2 is 1.97 bits per heavy atom. The van der Waals surface area contributed by atoms with E-state index in [9.17, 15) is 23.2 Å². The van der Waals surface area contributed by atoms with Gasteiger partial charge in [0.25, 0.3) is 5.92 Å². The van der Waals surface area contributed by atoms with E-state index < -0.39 is 23.2 Å². The van der Waals surface area contributed by atoms with E-state index in [2.05, 4.69) is 33.7 Å². The molecule has 0 aromatic carbocycles. The van der Waals surface area contributed by atoms with Crippen molar-refractivity contribution < 1.29 is 18.4 Å². The molecule has 2 aromatic rings. The molecule has 37 heavy (non-hydrogen) atoms. The highest BCUT2D eigenvalue weighted by molar-refractivity contribution is 5.89. The van der Waals surface area contributed by atoms with Crippen LogP contribution in [0, 0.1) is 5.92 Å². The summed E-state index contributed by atoms with van der Waals surface area (Å²) in [4.78, 5) is 40.3. The van der Waals surface area contributed by atoms with Gasteiger partial charge in [-0.25, -0.2) is 0 Å². The smallest absolute Gasteiger partial charge is 0.288 e. The van der Waals surface area contributed by atoms with E-state index in [4.69, 9.17) is 0 Å². The fourth-order valence-corrected chi connectivity index (χ4v) is 4.04. The number of halogens is 2. The second-order valence-electron chi connectivity index (χ2n) is 10.6. The molecule has 202 valence electrons. The van der Waals surface area contributed by atoms with Crippen LogP contribution in [0.3, 0.4) is 0 Å². The fourth-order valence-electron chi connectivity index (χ4n) is 4.04. The monoisotopic (exact) mass is 517 g/mol. The van der Waals surface area contributed by atoms with Crippen LogP contribution in [0.5, 0.6) is 0 Å². The molecule has 3 rings (SSSR count). The Labute approximate surface area is 215 Å². The van der Waals surface area contributed by atoms with Crippen LogP contribution >= 0.6 is 0 Å². The van der Waals surface area contributed by atoms with Crippen LogP contribution in [-0.4, -0.2) is 38.2 Å². The molecular formula is C27H37F2N5O3. The second-order valence-corrected chi connectivity index (χ2v) is 10.6. The lowest BCUT2D eigenvalue weighted by Crippen LogP contribution is -2.55. The Balaban J connectivity index is 1.83. The van der Waals surface area contributed by atoms with Gasteiger partial charge < -0.3 is 15.6 Å². The summed E-state index contributed by atoms with van der Waals surface area (Å²) in [6, 6.07) is 4.95. The maximum atomic E-state index is 14.1. The largest absolute Gasteiger partial charge is 0.348 e. The summed E-state index contributed by atoms with van der Waals surface area (Å²) in [6.45, 7) is 8.33. The lowest BCUT2D eigenvalue weighted by atomic mass is 10.0. The van der Waals surface area contributed by atoms with Crippen LogP contribution in [0.1, 0.15) is 72.4 Å². The molecule has 1 fully saturated rings. The molecule has 0 bridgehead atoms. The molecule has 2 amide bonds. The third-order valence-corrected chi connectivity index (χ3v) is 6.17. The average molecular weight is 518 g/mol. The predicted octanol–water partition coefficient (Wildman–Crippen LogP) is 4.28. The summed E-state index contributed by atoms with van der Waals surface area (Å²) in [6.07, 6.45) is 5.96. The molecule has 1 aliphatic rings. The molecule has 2 heterocycles. The minimum absolute atomic E-state index is 0.0444. The zero-order chi connectivity index (χ0) is 27.4. The predicted molar refractivity (Wildman–Crippen MR) is 138 cm³/mol. The molecule has 10 heteroatoms. The van der Waals surface area contributed by atoms with E-state index in [1.165, 1.54) is 22.9 Å². The number of nitrogens with zero attached hydrogens (tertiary/aromatic N) is 2. The van der Waals surface area contributed by atoms with E-state index in [0.717, 1.165) is 38.2 Å². The number of carbonyl (C=O) groups excluding carboxylic acids is 2. The van der Waals surface area contributed by atoms with Crippen molar-refractivity contribution in [3.63, 3.8) is 0 Å². The number of pyridine rings is 1. The number of hydrogen-bond donors (Lipinski definition) is 3. The van der Waals surface area contributed by atoms with E-state index >= 15 is 0 Å². The van der Waals surface area contributed by atoms with Gasteiger partial charge in [-0.3, -0.25) is 19.1 Å². The molecule has 8 nitrogen and oxygen atoms in total. The van der Waals surface area contributed by atoms with Crippen molar-refractivity contribution in [2.45, 2.75) is 90.8 Å². The topological polar surface area (TPSA) is 109 Å². The first-order valence-electron chi connectivity index (χ1n) is 12.7. The zero-order valence-electron chi connectivity index (χ0n) is 22.2. The normalized spacial score (nSPS) is 15.4. The number of amides is 2. The van der Waals surface area contributed by atoms with E-state index in [0.29, 0.717) is 17.8 Å². The first kappa shape index (κ1) is 28.3. The number of aromatic nitrogens is 3. The van der Waals surface area contributed by atoms with Crippen LogP contribution in [0.25, 0.3) is 11.4 Å². The highest BCUT2D eigenvalue weighted by Crippen LogP contribution is 2.31. The Morgan fingerprint density at radius 1 is 1.27 bits per heavy atom. The summed E-state index contributed by atoms with van der Waals surface area (Å²) in [5.41, 5.74) is -0.0916. The molecule has 3 N–H and O–H groups in total. The van der Waals surface area contributed by atoms with Crippen LogP contribution in [-0.2, 0) is 22.1 Å². The van der Waals surface area contributed by atoms with Crippen molar-refractivity contribution in [2.24, 2.45) is 5.92 Å². The first-order valence-corrected chi connectivity index (χ1v) is 12.7. The van der Waals surface area contributed by atoms with Crippen LogP contribution in [0.4, 0.5) is 8.78 Å². The highest BCUT2D eigenvalue weighted by Gasteiger charge is 2.35. The van der Waals surface area contributed by atoms with Gasteiger partial charge in [-0.1, -0.05) is 31.1 Å². The zero-order valence-corrected chi connectivity index (χ0v) is 22.2. The van der Waals surface area contributed by atoms with Gasteiger partial charge in [0, 0.05) is 18.9 Å². The SMILES string of the molecule is CCC/C=C(\C)C[C@@H](NC(=O)C1CC1)C(=O)NC(C)(C)Cn1nc(C(C)(F)F)cc1-c1cccc(=O)[nH]1. The third kappa shape index (κ3) is 8.10. The summed E-state index contributed by atoms with van der Waals surface area (Å²) in [5, 5.41) is 9.96. The standard InChI is InChI=1S/C27H37F2N5O3/c1-6-7-9-17(2)14-20(31-24(36)18-12-13-18)25(37)32-26(3,4)16-34-21(15-22(33-34)27(5,28)29)19-10-8-11-23(35)30-19/h8-11,15,18,20H,6-7,12-14,16H2,1-5H3,(H,30,35)(H,31,36)(H,32,37)/b17-9+/t20-/m1/s1. The first-order chi connectivity index (χ1) is 17.3. The molecule has 0 unspecified atom stereocenters. The maximum Gasteiger partial charge on any atom is 0.288 e. The number of aromatic amines is 1. The van der Waals surface area contributed by atoms with Gasteiger partial charge in [0.05, 0.1) is 23.5 Å². The Bertz CT molecular complexity index is 1210. The average Bonchev–Trinajstić information content (AvgIpc) is 3.56. The Kier molecular flexibility index (Phi) is 8.71. The number of unbranched alkanes of at least 4 members (excludes halogenated alkanes) is 1. The Morgan fingerprint density at radius 3 is 2.57 bits per heavy atom. The second kappa shape index (κ2) is 11.4. The summed E-state index contributed by atoms with van der Waals surface area (Å²) < 4.78 is 29.6. The summed E-state index contributed by atoms with van der Waals surface area (Å²) in [5.74, 6) is -3.72. The number of allylic oxidation sites excluding steroid dienone is 1. The van der Waals surface area contributed by atoms with Gasteiger partial charge in [0.1, 0.15) is 11.7 Å². The van der Waals surface area contributed by atoms with E-state index in [1.807, 2.05) is 6.92 Å². The van der Waals surface area contributed by atoms with E-state index in [1.54, 1.807) is 19.9 Å². The van der Waals surface area contributed by atoms with Crippen molar-refractivity contribution in [2.75, 3.05) is 0 Å². The molecular weight excluding hydrogens is 480 g/mol. The molecule has 0 aliphatic heterocycles. The van der Waals surface area contributed by atoms with Gasteiger partial charge in [0.15, 0.2) is 0 Å². The van der Waals surface area contributed by atoms with Gasteiger partial charge in [-0.15, -0.1) is 0 Å². The lowest BCUT2D eigenvalue weighted by molar-refractivity contribution is -0.130. The van der Waals surface area contributed by atoms with Gasteiger partial charge in [0.2, 0.25) is 17.4 Å². The van der Waals surface area contributed by atoms with Gasteiger partial charge >= 0.3 is 0 Å². The third-order valence-electron chi connectivity index (χ3n) is 6.17. The van der Waals surface area contributed by atoms with Crippen molar-refractivity contribution in [1.29, 1.82) is 0 Å². The van der Waals surface area contributed by atoms with Crippen LogP contribution in [0.2, 0.25) is 0 Å². The minimum atomic E-state index is -3.19. The molecule has 0 radical (unpaired) electrons. The fraction of sp³-hybridized carbons (Fsp3) is 0.556. The van der Waals surface area contributed by atoms with Crippen molar-refractivity contribution in [1.82, 2.24) is 25.4 Å². The summed E-state index contributed by atoms with van der Waals surface area (Å²) in [7, 11) is 0. The van der Waals surface area contributed by atoms with Crippen LogP contribution < -0.4 is 16.2 Å². The molecule has 1 aliphatic carbocycles. The number of hydrogen-bond acceptors (Lipinski definition) is 4. The number of rotatable bonds is 12. The maximum absolute atomic E-state index is 14.1. The molecule has 2 aromatic heterocycles. The molecule has 0 saturated heterocycles. The number of nitrogens with one attached hydrogen (secondary N) is 3. The van der Waals surface area contributed by atoms with Gasteiger partial charge in [-0.2, -0.15) is 13.9 Å². The van der Waals surface area contributed by atoms with Gasteiger partial charge in [-0.05, 0) is 58.6 Å². The molecule has 0 spiro atoms. The van der Waals surface area contributed by atoms with E-state index in [-0.39, 0.29) is 29.8 Å². The number of carbonyl (C=O) groups is 2. The van der Waals surface area contributed by atoms with Crippen molar-refractivity contribution in [3.05, 3.63) is 52.0 Å². The number of alkyl halides is 2. The quantitative estimate of drug-likeness (QED) is 0.365.